The lowest BCUT2D eigenvalue weighted by atomic mass is 10.1. The van der Waals surface area contributed by atoms with E-state index < -0.39 is 5.25 Å². The monoisotopic (exact) mass is 452 g/mol. The van der Waals surface area contributed by atoms with Gasteiger partial charge >= 0.3 is 0 Å². The number of halogens is 1. The molecular weight excluding hydrogens is 428 g/mol. The molecule has 0 aromatic heterocycles. The molecule has 3 aromatic carbocycles. The van der Waals surface area contributed by atoms with Gasteiger partial charge in [-0.05, 0) is 42.3 Å². The molecule has 160 valence electrons. The van der Waals surface area contributed by atoms with Crippen LogP contribution in [0.25, 0.3) is 0 Å². The molecule has 1 atom stereocenters. The van der Waals surface area contributed by atoms with Crippen molar-refractivity contribution in [3.63, 3.8) is 0 Å². The number of nitrogens with one attached hydrogen (secondary N) is 1. The number of benzene rings is 3. The van der Waals surface area contributed by atoms with Gasteiger partial charge in [0.2, 0.25) is 11.8 Å². The maximum Gasteiger partial charge on any atom is 0.241 e. The number of rotatable bonds is 9. The van der Waals surface area contributed by atoms with E-state index in [1.165, 1.54) is 11.8 Å². The summed E-state index contributed by atoms with van der Waals surface area (Å²) in [5, 5.41) is 3.11. The van der Waals surface area contributed by atoms with Gasteiger partial charge in [0.05, 0.1) is 6.54 Å². The Morgan fingerprint density at radius 2 is 1.55 bits per heavy atom. The SMILES string of the molecule is CCN(CC(=O)NCc1ccc(Cl)cc1)C(=O)C(Sc1ccccc1)c1ccccc1. The molecule has 6 heteroatoms. The van der Waals surface area contributed by atoms with Crippen molar-refractivity contribution in [3.05, 3.63) is 101 Å². The normalized spacial score (nSPS) is 11.5. The fourth-order valence-electron chi connectivity index (χ4n) is 3.07. The summed E-state index contributed by atoms with van der Waals surface area (Å²) in [6, 6.07) is 26.8. The Morgan fingerprint density at radius 1 is 0.935 bits per heavy atom. The van der Waals surface area contributed by atoms with E-state index in [1.807, 2.05) is 79.7 Å². The number of amides is 2. The average molecular weight is 453 g/mol. The van der Waals surface area contributed by atoms with Gasteiger partial charge in [-0.3, -0.25) is 9.59 Å². The number of hydrogen-bond donors (Lipinski definition) is 1. The van der Waals surface area contributed by atoms with Gasteiger partial charge in [-0.15, -0.1) is 11.8 Å². The summed E-state index contributed by atoms with van der Waals surface area (Å²) in [6.45, 7) is 2.75. The second-order valence-corrected chi connectivity index (χ2v) is 8.59. The number of thioether (sulfide) groups is 1. The number of carbonyl (C=O) groups is 2. The lowest BCUT2D eigenvalue weighted by Gasteiger charge is -2.26. The fraction of sp³-hybridized carbons (Fsp3) is 0.200. The molecule has 1 N–H and O–H groups in total. The number of nitrogens with zero attached hydrogens (tertiary/aromatic N) is 1. The Bertz CT molecular complexity index is 981. The van der Waals surface area contributed by atoms with Crippen molar-refractivity contribution in [2.24, 2.45) is 0 Å². The summed E-state index contributed by atoms with van der Waals surface area (Å²) in [4.78, 5) is 28.6. The van der Waals surface area contributed by atoms with Crippen LogP contribution in [0, 0.1) is 0 Å². The fourth-order valence-corrected chi connectivity index (χ4v) is 4.32. The van der Waals surface area contributed by atoms with Gasteiger partial charge in [0.25, 0.3) is 0 Å². The van der Waals surface area contributed by atoms with Crippen LogP contribution in [-0.2, 0) is 16.1 Å². The van der Waals surface area contributed by atoms with E-state index in [2.05, 4.69) is 5.32 Å². The van der Waals surface area contributed by atoms with Crippen molar-refractivity contribution in [3.8, 4) is 0 Å². The lowest BCUT2D eigenvalue weighted by Crippen LogP contribution is -2.42. The Morgan fingerprint density at radius 3 is 2.16 bits per heavy atom. The van der Waals surface area contributed by atoms with E-state index in [9.17, 15) is 9.59 Å². The molecule has 3 rings (SSSR count). The van der Waals surface area contributed by atoms with Crippen LogP contribution in [0.4, 0.5) is 0 Å². The quantitative estimate of drug-likeness (QED) is 0.446. The maximum atomic E-state index is 13.4. The van der Waals surface area contributed by atoms with Crippen molar-refractivity contribution in [1.29, 1.82) is 0 Å². The summed E-state index contributed by atoms with van der Waals surface area (Å²) in [5.74, 6) is -0.272. The molecule has 0 aliphatic heterocycles. The van der Waals surface area contributed by atoms with Gasteiger partial charge in [-0.2, -0.15) is 0 Å². The van der Waals surface area contributed by atoms with Gasteiger partial charge in [0, 0.05) is 23.0 Å². The molecule has 0 aliphatic carbocycles. The first-order chi connectivity index (χ1) is 15.1. The van der Waals surface area contributed by atoms with Crippen molar-refractivity contribution in [1.82, 2.24) is 10.2 Å². The lowest BCUT2D eigenvalue weighted by molar-refractivity contribution is -0.135. The summed E-state index contributed by atoms with van der Waals surface area (Å²) in [7, 11) is 0. The van der Waals surface area contributed by atoms with Crippen molar-refractivity contribution >= 4 is 35.2 Å². The van der Waals surface area contributed by atoms with Crippen molar-refractivity contribution < 1.29 is 9.59 Å². The number of carbonyl (C=O) groups excluding carboxylic acids is 2. The first-order valence-electron chi connectivity index (χ1n) is 10.1. The zero-order valence-electron chi connectivity index (χ0n) is 17.3. The standard InChI is InChI=1S/C25H25ClN2O2S/c1-2-28(18-23(29)27-17-19-13-15-21(26)16-14-19)25(30)24(20-9-5-3-6-10-20)31-22-11-7-4-8-12-22/h3-16,24H,2,17-18H2,1H3,(H,27,29). The Labute approximate surface area is 192 Å². The summed E-state index contributed by atoms with van der Waals surface area (Å²) < 4.78 is 0. The van der Waals surface area contributed by atoms with E-state index >= 15 is 0 Å². The maximum absolute atomic E-state index is 13.4. The van der Waals surface area contributed by atoms with Crippen LogP contribution in [0.15, 0.2) is 89.8 Å². The van der Waals surface area contributed by atoms with E-state index in [-0.39, 0.29) is 18.4 Å². The topological polar surface area (TPSA) is 49.4 Å². The van der Waals surface area contributed by atoms with E-state index in [4.69, 9.17) is 11.6 Å². The van der Waals surface area contributed by atoms with Gasteiger partial charge in [0.1, 0.15) is 5.25 Å². The predicted molar refractivity (Wildman–Crippen MR) is 127 cm³/mol. The van der Waals surface area contributed by atoms with Gasteiger partial charge < -0.3 is 10.2 Å². The average Bonchev–Trinajstić information content (AvgIpc) is 2.81. The molecule has 2 amide bonds. The Kier molecular flexibility index (Phi) is 8.56. The summed E-state index contributed by atoms with van der Waals surface area (Å²) in [5.41, 5.74) is 1.87. The van der Waals surface area contributed by atoms with Gasteiger partial charge in [0.15, 0.2) is 0 Å². The van der Waals surface area contributed by atoms with E-state index in [0.717, 1.165) is 16.0 Å². The zero-order valence-corrected chi connectivity index (χ0v) is 18.9. The highest BCUT2D eigenvalue weighted by atomic mass is 35.5. The third-order valence-corrected chi connectivity index (χ3v) is 6.26. The van der Waals surface area contributed by atoms with Crippen LogP contribution in [0.1, 0.15) is 23.3 Å². The molecule has 0 heterocycles. The highest BCUT2D eigenvalue weighted by molar-refractivity contribution is 8.00. The molecule has 31 heavy (non-hydrogen) atoms. The molecule has 4 nitrogen and oxygen atoms in total. The molecule has 0 spiro atoms. The van der Waals surface area contributed by atoms with Crippen LogP contribution in [0.2, 0.25) is 5.02 Å². The summed E-state index contributed by atoms with van der Waals surface area (Å²) in [6.07, 6.45) is 0. The van der Waals surface area contributed by atoms with Crippen LogP contribution in [0.5, 0.6) is 0 Å². The Hall–Kier alpha value is -2.76. The third-order valence-electron chi connectivity index (χ3n) is 4.75. The highest BCUT2D eigenvalue weighted by Gasteiger charge is 2.27. The van der Waals surface area contributed by atoms with Crippen LogP contribution in [0.3, 0.4) is 0 Å². The number of likely N-dealkylation sites (N-methyl/N-ethyl adjacent to an activating group) is 1. The van der Waals surface area contributed by atoms with Gasteiger partial charge in [-0.25, -0.2) is 0 Å². The molecule has 3 aromatic rings. The van der Waals surface area contributed by atoms with Crippen LogP contribution < -0.4 is 5.32 Å². The molecule has 1 unspecified atom stereocenters. The first kappa shape index (κ1) is 22.9. The smallest absolute Gasteiger partial charge is 0.241 e. The predicted octanol–water partition coefficient (Wildman–Crippen LogP) is 5.34. The second-order valence-electron chi connectivity index (χ2n) is 6.98. The molecular formula is C25H25ClN2O2S. The molecule has 0 saturated heterocycles. The van der Waals surface area contributed by atoms with E-state index in [0.29, 0.717) is 18.1 Å². The molecule has 0 aliphatic rings. The first-order valence-corrected chi connectivity index (χ1v) is 11.4. The minimum Gasteiger partial charge on any atom is -0.350 e. The zero-order chi connectivity index (χ0) is 22.1. The second kappa shape index (κ2) is 11.6. The summed E-state index contributed by atoms with van der Waals surface area (Å²) >= 11 is 7.40. The highest BCUT2D eigenvalue weighted by Crippen LogP contribution is 2.36. The van der Waals surface area contributed by atoms with Crippen molar-refractivity contribution in [2.75, 3.05) is 13.1 Å². The number of hydrogen-bond acceptors (Lipinski definition) is 3. The largest absolute Gasteiger partial charge is 0.350 e. The van der Waals surface area contributed by atoms with Crippen LogP contribution >= 0.6 is 23.4 Å². The van der Waals surface area contributed by atoms with E-state index in [1.54, 1.807) is 17.0 Å². The molecule has 0 fully saturated rings. The molecule has 0 bridgehead atoms. The molecule has 0 radical (unpaired) electrons. The van der Waals surface area contributed by atoms with Crippen molar-refractivity contribution in [2.45, 2.75) is 23.6 Å². The third kappa shape index (κ3) is 6.88. The van der Waals surface area contributed by atoms with Gasteiger partial charge in [-0.1, -0.05) is 72.3 Å². The van der Waals surface area contributed by atoms with Crippen LogP contribution in [-0.4, -0.2) is 29.8 Å². The Balaban J connectivity index is 1.68. The molecule has 0 saturated carbocycles. The minimum atomic E-state index is -0.424. The minimum absolute atomic E-state index is 0.0155.